The summed E-state index contributed by atoms with van der Waals surface area (Å²) in [7, 11) is 1.00. The third kappa shape index (κ3) is 26500. The van der Waals surface area contributed by atoms with E-state index in [0.29, 0.717) is 0 Å². The zero-order valence-electron chi connectivity index (χ0n) is 6.79. The van der Waals surface area contributed by atoms with E-state index in [4.69, 9.17) is 24.9 Å². The predicted octanol–water partition coefficient (Wildman–Crippen LogP) is -3.26. The molecule has 0 rings (SSSR count). The van der Waals surface area contributed by atoms with Gasteiger partial charge in [0.2, 0.25) is 0 Å². The minimum Gasteiger partial charge on any atom is -0.550 e. The van der Waals surface area contributed by atoms with Crippen LogP contribution in [-0.4, -0.2) is 61.9 Å². The molecule has 6 heteroatoms. The number of carboxylic acids is 2. The fourth-order valence-electron chi connectivity index (χ4n) is 0. The number of rotatable bonds is 0. The maximum absolute atomic E-state index is 8.89. The van der Waals surface area contributed by atoms with E-state index >= 15 is 0 Å². The van der Waals surface area contributed by atoms with E-state index in [-0.39, 0.29) is 37.7 Å². The van der Waals surface area contributed by atoms with Crippen LogP contribution in [0, 0.1) is 0 Å². The monoisotopic (exact) mass is 190 g/mol. The van der Waals surface area contributed by atoms with Gasteiger partial charge < -0.3 is 24.9 Å². The molecule has 1 N–H and O–H groups in total. The molecule has 0 radical (unpaired) electrons. The fraction of sp³-hybridized carbons (Fsp3) is 0.600. The van der Waals surface area contributed by atoms with Crippen molar-refractivity contribution < 1.29 is 24.9 Å². The SMILES string of the molecule is CC(=O)[O-].CC(=O)[O-].CO.[Ca+2]. The van der Waals surface area contributed by atoms with Crippen LogP contribution < -0.4 is 10.2 Å². The van der Waals surface area contributed by atoms with E-state index in [1.54, 1.807) is 0 Å². The van der Waals surface area contributed by atoms with E-state index in [0.717, 1.165) is 21.0 Å². The predicted molar refractivity (Wildman–Crippen MR) is 35.3 cm³/mol. The van der Waals surface area contributed by atoms with Crippen molar-refractivity contribution in [2.45, 2.75) is 13.8 Å². The molecule has 0 fully saturated rings. The molecule has 0 aliphatic rings. The Bertz CT molecular complexity index is 72.9. The first-order valence-electron chi connectivity index (χ1n) is 2.26. The molecule has 11 heavy (non-hydrogen) atoms. The second kappa shape index (κ2) is 22.5. The van der Waals surface area contributed by atoms with Crippen molar-refractivity contribution in [1.82, 2.24) is 0 Å². The van der Waals surface area contributed by atoms with Gasteiger partial charge in [0, 0.05) is 19.0 Å². The van der Waals surface area contributed by atoms with Gasteiger partial charge in [0.1, 0.15) is 0 Å². The molecule has 0 aliphatic heterocycles. The van der Waals surface area contributed by atoms with E-state index in [2.05, 4.69) is 0 Å². The van der Waals surface area contributed by atoms with Gasteiger partial charge in [-0.3, -0.25) is 0 Å². The first-order valence-corrected chi connectivity index (χ1v) is 2.26. The maximum atomic E-state index is 8.89. The minimum atomic E-state index is -1.08. The van der Waals surface area contributed by atoms with Gasteiger partial charge in [-0.1, -0.05) is 0 Å². The zero-order valence-corrected chi connectivity index (χ0v) is 9.00. The molecule has 0 aromatic rings. The number of carbonyl (C=O) groups excluding carboxylic acids is 2. The summed E-state index contributed by atoms with van der Waals surface area (Å²) in [6.45, 7) is 1.94. The van der Waals surface area contributed by atoms with Crippen molar-refractivity contribution in [2.75, 3.05) is 7.11 Å². The molecule has 0 bridgehead atoms. The summed E-state index contributed by atoms with van der Waals surface area (Å²) < 4.78 is 0. The molecule has 0 unspecified atom stereocenters. The van der Waals surface area contributed by atoms with Crippen molar-refractivity contribution in [3.05, 3.63) is 0 Å². The topological polar surface area (TPSA) is 100 Å². The first-order chi connectivity index (χ1) is 4.46. The van der Waals surface area contributed by atoms with Crippen LogP contribution >= 0.6 is 0 Å². The number of aliphatic carboxylic acids is 2. The average molecular weight is 190 g/mol. The number of aliphatic hydroxyl groups is 1. The van der Waals surface area contributed by atoms with Crippen LogP contribution in [-0.2, 0) is 9.59 Å². The Morgan fingerprint density at radius 2 is 1.00 bits per heavy atom. The summed E-state index contributed by atoms with van der Waals surface area (Å²) in [5, 5.41) is 24.8. The largest absolute Gasteiger partial charge is 2.00 e. The summed E-state index contributed by atoms with van der Waals surface area (Å²) in [6, 6.07) is 0. The van der Waals surface area contributed by atoms with Crippen molar-refractivity contribution in [3.63, 3.8) is 0 Å². The third-order valence-corrected chi connectivity index (χ3v) is 0. The number of carbonyl (C=O) groups is 2. The molecule has 0 saturated heterocycles. The van der Waals surface area contributed by atoms with Crippen molar-refractivity contribution in [3.8, 4) is 0 Å². The van der Waals surface area contributed by atoms with E-state index in [1.807, 2.05) is 0 Å². The Labute approximate surface area is 95.0 Å². The van der Waals surface area contributed by atoms with Crippen LogP contribution in [0.2, 0.25) is 0 Å². The molecule has 0 spiro atoms. The van der Waals surface area contributed by atoms with Crippen LogP contribution in [0.1, 0.15) is 13.8 Å². The first kappa shape index (κ1) is 22.5. The molecule has 5 nitrogen and oxygen atoms in total. The maximum Gasteiger partial charge on any atom is 2.00 e. The normalized spacial score (nSPS) is 5.09. The summed E-state index contributed by atoms with van der Waals surface area (Å²) >= 11 is 0. The van der Waals surface area contributed by atoms with Crippen molar-refractivity contribution in [1.29, 1.82) is 0 Å². The Kier molecular flexibility index (Phi) is 45.9. The number of carboxylic acid groups (broad SMARTS) is 2. The van der Waals surface area contributed by atoms with Gasteiger partial charge in [0.15, 0.2) is 0 Å². The molecule has 0 atom stereocenters. The Balaban J connectivity index is -0.0000000339. The van der Waals surface area contributed by atoms with Gasteiger partial charge in [-0.25, -0.2) is 0 Å². The molecule has 0 aromatic heterocycles. The van der Waals surface area contributed by atoms with E-state index in [1.165, 1.54) is 0 Å². The van der Waals surface area contributed by atoms with Gasteiger partial charge in [0.25, 0.3) is 0 Å². The van der Waals surface area contributed by atoms with Crippen LogP contribution in [0.25, 0.3) is 0 Å². The summed E-state index contributed by atoms with van der Waals surface area (Å²) in [6.07, 6.45) is 0. The molecular formula is C5H10CaO5. The van der Waals surface area contributed by atoms with Crippen LogP contribution in [0.4, 0.5) is 0 Å². The van der Waals surface area contributed by atoms with Crippen molar-refractivity contribution in [2.24, 2.45) is 0 Å². The third-order valence-electron chi connectivity index (χ3n) is 0. The van der Waals surface area contributed by atoms with Gasteiger partial charge in [-0.2, -0.15) is 0 Å². The number of hydrogen-bond acceptors (Lipinski definition) is 5. The van der Waals surface area contributed by atoms with Gasteiger partial charge in [0.05, 0.1) is 0 Å². The molecule has 62 valence electrons. The molecular weight excluding hydrogens is 180 g/mol. The van der Waals surface area contributed by atoms with Crippen molar-refractivity contribution >= 4 is 49.7 Å². The quantitative estimate of drug-likeness (QED) is 0.404. The average Bonchev–Trinajstić information content (AvgIpc) is 1.66. The zero-order chi connectivity index (χ0) is 9.15. The molecule has 0 heterocycles. The Morgan fingerprint density at radius 3 is 1.00 bits per heavy atom. The smallest absolute Gasteiger partial charge is 0.550 e. The minimum absolute atomic E-state index is 0. The Hall–Kier alpha value is 0.160. The second-order valence-electron chi connectivity index (χ2n) is 0.983. The standard InChI is InChI=1S/2C2H4O2.CH4O.Ca/c2*1-2(3)4;1-2;/h2*1H3,(H,3,4);2H,1H3;/q;;;+2/p-2. The molecule has 0 aromatic carbocycles. The van der Waals surface area contributed by atoms with Crippen LogP contribution in [0.15, 0.2) is 0 Å². The van der Waals surface area contributed by atoms with Gasteiger partial charge in [-0.05, 0) is 13.8 Å². The summed E-state index contributed by atoms with van der Waals surface area (Å²) in [4.78, 5) is 17.8. The van der Waals surface area contributed by atoms with Crippen LogP contribution in [0.5, 0.6) is 0 Å². The Morgan fingerprint density at radius 1 is 1.00 bits per heavy atom. The van der Waals surface area contributed by atoms with Gasteiger partial charge >= 0.3 is 37.7 Å². The van der Waals surface area contributed by atoms with Gasteiger partial charge in [-0.15, -0.1) is 0 Å². The summed E-state index contributed by atoms with van der Waals surface area (Å²) in [5.41, 5.74) is 0. The molecule has 0 saturated carbocycles. The van der Waals surface area contributed by atoms with Crippen LogP contribution in [0.3, 0.4) is 0 Å². The summed E-state index contributed by atoms with van der Waals surface area (Å²) in [5.74, 6) is -2.17. The number of aliphatic hydroxyl groups excluding tert-OH is 1. The number of hydrogen-bond donors (Lipinski definition) is 1. The van der Waals surface area contributed by atoms with E-state index in [9.17, 15) is 0 Å². The second-order valence-corrected chi connectivity index (χ2v) is 0.983. The molecule has 0 aliphatic carbocycles. The van der Waals surface area contributed by atoms with E-state index < -0.39 is 11.9 Å². The fourth-order valence-corrected chi connectivity index (χ4v) is 0. The molecule has 0 amide bonds.